The van der Waals surface area contributed by atoms with Crippen molar-refractivity contribution in [3.8, 4) is 0 Å². The van der Waals surface area contributed by atoms with E-state index in [4.69, 9.17) is 5.73 Å². The standard InChI is InChI=1S/C14H22N2O2S/c1-11-7-8-13(15)9-14(11)19(17,18)16(2)10-12-5-3-4-6-12/h7-9,12H,3-6,10,15H2,1-2H3. The van der Waals surface area contributed by atoms with Crippen molar-refractivity contribution in [3.63, 3.8) is 0 Å². The summed E-state index contributed by atoms with van der Waals surface area (Å²) in [6.07, 6.45) is 4.71. The Morgan fingerprint density at radius 3 is 2.58 bits per heavy atom. The van der Waals surface area contributed by atoms with E-state index in [2.05, 4.69) is 0 Å². The Labute approximate surface area is 115 Å². The zero-order chi connectivity index (χ0) is 14.0. The second kappa shape index (κ2) is 5.51. The van der Waals surface area contributed by atoms with Gasteiger partial charge in [0.1, 0.15) is 0 Å². The number of anilines is 1. The first-order valence-electron chi connectivity index (χ1n) is 6.73. The molecule has 1 aliphatic rings. The van der Waals surface area contributed by atoms with Gasteiger partial charge in [-0.05, 0) is 43.4 Å². The molecule has 1 aliphatic carbocycles. The molecule has 0 aromatic heterocycles. The Morgan fingerprint density at radius 2 is 1.95 bits per heavy atom. The summed E-state index contributed by atoms with van der Waals surface area (Å²) in [7, 11) is -1.76. The fraction of sp³-hybridized carbons (Fsp3) is 0.571. The maximum absolute atomic E-state index is 12.6. The monoisotopic (exact) mass is 282 g/mol. The van der Waals surface area contributed by atoms with E-state index in [-0.39, 0.29) is 0 Å². The van der Waals surface area contributed by atoms with Crippen LogP contribution < -0.4 is 5.73 Å². The Kier molecular flexibility index (Phi) is 4.16. The second-order valence-electron chi connectivity index (χ2n) is 5.46. The van der Waals surface area contributed by atoms with E-state index < -0.39 is 10.0 Å². The molecule has 106 valence electrons. The molecule has 2 N–H and O–H groups in total. The van der Waals surface area contributed by atoms with Gasteiger partial charge in [-0.1, -0.05) is 18.9 Å². The number of nitrogens with two attached hydrogens (primary N) is 1. The van der Waals surface area contributed by atoms with Crippen molar-refractivity contribution in [2.24, 2.45) is 5.92 Å². The van der Waals surface area contributed by atoms with Gasteiger partial charge in [-0.3, -0.25) is 0 Å². The first kappa shape index (κ1) is 14.3. The predicted molar refractivity (Wildman–Crippen MR) is 77.4 cm³/mol. The van der Waals surface area contributed by atoms with Crippen molar-refractivity contribution >= 4 is 15.7 Å². The minimum absolute atomic E-state index is 0.327. The van der Waals surface area contributed by atoms with Crippen molar-refractivity contribution in [1.29, 1.82) is 0 Å². The first-order valence-corrected chi connectivity index (χ1v) is 8.17. The lowest BCUT2D eigenvalue weighted by atomic mass is 10.1. The van der Waals surface area contributed by atoms with Crippen LogP contribution >= 0.6 is 0 Å². The second-order valence-corrected chi connectivity index (χ2v) is 7.47. The number of hydrogen-bond donors (Lipinski definition) is 1. The first-order chi connectivity index (χ1) is 8.91. The van der Waals surface area contributed by atoms with Crippen LogP contribution in [0.25, 0.3) is 0 Å². The number of rotatable bonds is 4. The van der Waals surface area contributed by atoms with Crippen molar-refractivity contribution in [1.82, 2.24) is 4.31 Å². The van der Waals surface area contributed by atoms with E-state index >= 15 is 0 Å². The number of hydrogen-bond acceptors (Lipinski definition) is 3. The minimum atomic E-state index is -3.43. The topological polar surface area (TPSA) is 63.4 Å². The highest BCUT2D eigenvalue weighted by molar-refractivity contribution is 7.89. The molecule has 1 saturated carbocycles. The lowest BCUT2D eigenvalue weighted by Gasteiger charge is -2.21. The SMILES string of the molecule is Cc1ccc(N)cc1S(=O)(=O)N(C)CC1CCCC1. The smallest absolute Gasteiger partial charge is 0.243 e. The largest absolute Gasteiger partial charge is 0.399 e. The van der Waals surface area contributed by atoms with Gasteiger partial charge in [0.2, 0.25) is 10.0 Å². The van der Waals surface area contributed by atoms with Crippen molar-refractivity contribution < 1.29 is 8.42 Å². The van der Waals surface area contributed by atoms with Gasteiger partial charge in [-0.15, -0.1) is 0 Å². The molecule has 19 heavy (non-hydrogen) atoms. The Morgan fingerprint density at radius 1 is 1.32 bits per heavy atom. The molecule has 0 unspecified atom stereocenters. The van der Waals surface area contributed by atoms with Crippen LogP contribution in [0.5, 0.6) is 0 Å². The molecule has 0 atom stereocenters. The summed E-state index contributed by atoms with van der Waals surface area (Å²) in [5.41, 5.74) is 6.93. The van der Waals surface area contributed by atoms with Crippen LogP contribution in [0.4, 0.5) is 5.69 Å². The third-order valence-electron chi connectivity index (χ3n) is 3.89. The number of sulfonamides is 1. The summed E-state index contributed by atoms with van der Waals surface area (Å²) >= 11 is 0. The highest BCUT2D eigenvalue weighted by Gasteiger charge is 2.26. The Balaban J connectivity index is 2.22. The molecule has 0 radical (unpaired) electrons. The molecule has 0 heterocycles. The fourth-order valence-electron chi connectivity index (χ4n) is 2.72. The van der Waals surface area contributed by atoms with E-state index in [9.17, 15) is 8.42 Å². The molecule has 5 heteroatoms. The molecule has 0 bridgehead atoms. The Bertz CT molecular complexity index is 549. The molecule has 1 aromatic rings. The third kappa shape index (κ3) is 3.09. The lowest BCUT2D eigenvalue weighted by molar-refractivity contribution is 0.387. The van der Waals surface area contributed by atoms with Crippen LogP contribution in [0.2, 0.25) is 0 Å². The highest BCUT2D eigenvalue weighted by Crippen LogP contribution is 2.28. The van der Waals surface area contributed by atoms with E-state index in [1.54, 1.807) is 32.2 Å². The molecular weight excluding hydrogens is 260 g/mol. The molecule has 1 aromatic carbocycles. The molecule has 0 aliphatic heterocycles. The van der Waals surface area contributed by atoms with Gasteiger partial charge < -0.3 is 5.73 Å². The van der Waals surface area contributed by atoms with E-state index in [0.29, 0.717) is 23.0 Å². The lowest BCUT2D eigenvalue weighted by Crippen LogP contribution is -2.31. The number of nitrogen functional groups attached to an aromatic ring is 1. The summed E-state index contributed by atoms with van der Waals surface area (Å²) in [5, 5.41) is 0. The zero-order valence-corrected chi connectivity index (χ0v) is 12.4. The average Bonchev–Trinajstić information content (AvgIpc) is 2.85. The zero-order valence-electron chi connectivity index (χ0n) is 11.6. The molecule has 1 fully saturated rings. The summed E-state index contributed by atoms with van der Waals surface area (Å²) in [6, 6.07) is 5.03. The Hall–Kier alpha value is -1.07. The van der Waals surface area contributed by atoms with Gasteiger partial charge in [0.15, 0.2) is 0 Å². The summed E-state index contributed by atoms with van der Waals surface area (Å²) in [6.45, 7) is 2.41. The van der Waals surface area contributed by atoms with E-state index in [1.807, 2.05) is 0 Å². The van der Waals surface area contributed by atoms with Gasteiger partial charge in [0, 0.05) is 19.3 Å². The van der Waals surface area contributed by atoms with Gasteiger partial charge in [0.05, 0.1) is 4.90 Å². The number of nitrogens with zero attached hydrogens (tertiary/aromatic N) is 1. The highest BCUT2D eigenvalue weighted by atomic mass is 32.2. The molecule has 0 saturated heterocycles. The predicted octanol–water partition coefficient (Wildman–Crippen LogP) is 2.39. The number of aryl methyl sites for hydroxylation is 1. The van der Waals surface area contributed by atoms with Crippen molar-refractivity contribution in [3.05, 3.63) is 23.8 Å². The summed E-state index contributed by atoms with van der Waals surface area (Å²) in [4.78, 5) is 0.327. The number of benzene rings is 1. The van der Waals surface area contributed by atoms with E-state index in [1.165, 1.54) is 17.1 Å². The van der Waals surface area contributed by atoms with Gasteiger partial charge >= 0.3 is 0 Å². The van der Waals surface area contributed by atoms with Gasteiger partial charge in [0.25, 0.3) is 0 Å². The molecule has 2 rings (SSSR count). The third-order valence-corrected chi connectivity index (χ3v) is 5.86. The summed E-state index contributed by atoms with van der Waals surface area (Å²) in [5.74, 6) is 0.501. The minimum Gasteiger partial charge on any atom is -0.399 e. The van der Waals surface area contributed by atoms with Crippen molar-refractivity contribution in [2.75, 3.05) is 19.3 Å². The fourth-order valence-corrected chi connectivity index (χ4v) is 4.22. The normalized spacial score (nSPS) is 17.2. The molecule has 0 amide bonds. The van der Waals surface area contributed by atoms with Crippen LogP contribution in [0, 0.1) is 12.8 Å². The quantitative estimate of drug-likeness (QED) is 0.862. The maximum atomic E-state index is 12.6. The van der Waals surface area contributed by atoms with Crippen LogP contribution in [0.3, 0.4) is 0 Å². The van der Waals surface area contributed by atoms with Crippen molar-refractivity contribution in [2.45, 2.75) is 37.5 Å². The van der Waals surface area contributed by atoms with Crippen LogP contribution in [-0.2, 0) is 10.0 Å². The van der Waals surface area contributed by atoms with E-state index in [0.717, 1.165) is 18.4 Å². The van der Waals surface area contributed by atoms with Crippen LogP contribution in [0.1, 0.15) is 31.2 Å². The maximum Gasteiger partial charge on any atom is 0.243 e. The molecule has 0 spiro atoms. The summed E-state index contributed by atoms with van der Waals surface area (Å²) < 4.78 is 26.6. The van der Waals surface area contributed by atoms with Gasteiger partial charge in [-0.2, -0.15) is 0 Å². The van der Waals surface area contributed by atoms with Crippen LogP contribution in [0.15, 0.2) is 23.1 Å². The van der Waals surface area contributed by atoms with Gasteiger partial charge in [-0.25, -0.2) is 12.7 Å². The molecular formula is C14H22N2O2S. The average molecular weight is 282 g/mol. The van der Waals surface area contributed by atoms with Crippen LogP contribution in [-0.4, -0.2) is 26.3 Å². The molecule has 4 nitrogen and oxygen atoms in total.